The molecule has 1 atom stereocenters. The maximum Gasteiger partial charge on any atom is 0.251 e. The van der Waals surface area contributed by atoms with Gasteiger partial charge in [-0.3, -0.25) is 14.6 Å². The van der Waals surface area contributed by atoms with E-state index in [9.17, 15) is 9.59 Å². The molecule has 26 heavy (non-hydrogen) atoms. The van der Waals surface area contributed by atoms with Crippen LogP contribution in [0.2, 0.25) is 0 Å². The fraction of sp³-hybridized carbons (Fsp3) is 0.650. The van der Waals surface area contributed by atoms with Crippen molar-refractivity contribution in [2.45, 2.75) is 52.2 Å². The Labute approximate surface area is 155 Å². The first-order valence-corrected chi connectivity index (χ1v) is 9.61. The van der Waals surface area contributed by atoms with E-state index in [4.69, 9.17) is 4.74 Å². The lowest BCUT2D eigenvalue weighted by molar-refractivity contribution is -0.148. The zero-order valence-corrected chi connectivity index (χ0v) is 15.8. The van der Waals surface area contributed by atoms with Crippen LogP contribution >= 0.6 is 0 Å². The molecule has 3 heterocycles. The minimum Gasteiger partial charge on any atom is -0.369 e. The van der Waals surface area contributed by atoms with Gasteiger partial charge in [-0.25, -0.2) is 0 Å². The highest BCUT2D eigenvalue weighted by Crippen LogP contribution is 2.40. The van der Waals surface area contributed by atoms with Crippen LogP contribution in [0.25, 0.3) is 0 Å². The standard InChI is InChI=1S/C20H29N3O3/c1-3-26-16(2)19(25)22-12-9-20(10-13-22)8-7-18(24)23(15-20)14-17-6-4-5-11-21-17/h4-6,11,16H,3,7-10,12-15H2,1-2H3/t16-/m1/s1. The maximum absolute atomic E-state index is 12.4. The number of rotatable bonds is 5. The third-order valence-electron chi connectivity index (χ3n) is 5.73. The molecule has 0 unspecified atom stereocenters. The predicted molar refractivity (Wildman–Crippen MR) is 98.2 cm³/mol. The van der Waals surface area contributed by atoms with Crippen LogP contribution in [0.5, 0.6) is 0 Å². The summed E-state index contributed by atoms with van der Waals surface area (Å²) in [5.74, 6) is 0.295. The van der Waals surface area contributed by atoms with Gasteiger partial charge in [-0.1, -0.05) is 6.07 Å². The van der Waals surface area contributed by atoms with Crippen LogP contribution in [0.3, 0.4) is 0 Å². The van der Waals surface area contributed by atoms with Crippen molar-refractivity contribution in [1.82, 2.24) is 14.8 Å². The van der Waals surface area contributed by atoms with Gasteiger partial charge < -0.3 is 14.5 Å². The van der Waals surface area contributed by atoms with E-state index in [1.807, 2.05) is 41.8 Å². The average molecular weight is 359 g/mol. The molecule has 0 N–H and O–H groups in total. The molecule has 2 aliphatic rings. The second-order valence-corrected chi connectivity index (χ2v) is 7.49. The summed E-state index contributed by atoms with van der Waals surface area (Å²) in [5.41, 5.74) is 1.06. The first-order chi connectivity index (χ1) is 12.5. The molecule has 1 aromatic heterocycles. The minimum absolute atomic E-state index is 0.0823. The molecule has 1 aromatic rings. The Morgan fingerprint density at radius 2 is 2.08 bits per heavy atom. The van der Waals surface area contributed by atoms with Crippen LogP contribution in [0, 0.1) is 5.41 Å². The van der Waals surface area contributed by atoms with E-state index in [-0.39, 0.29) is 23.3 Å². The zero-order valence-electron chi connectivity index (χ0n) is 15.8. The van der Waals surface area contributed by atoms with Gasteiger partial charge in [-0.05, 0) is 50.7 Å². The van der Waals surface area contributed by atoms with Crippen molar-refractivity contribution >= 4 is 11.8 Å². The monoisotopic (exact) mass is 359 g/mol. The number of likely N-dealkylation sites (tertiary alicyclic amines) is 2. The largest absolute Gasteiger partial charge is 0.369 e. The van der Waals surface area contributed by atoms with Crippen molar-refractivity contribution < 1.29 is 14.3 Å². The molecule has 0 radical (unpaired) electrons. The lowest BCUT2D eigenvalue weighted by Crippen LogP contribution is -2.53. The number of aromatic nitrogens is 1. The van der Waals surface area contributed by atoms with Crippen LogP contribution in [0.1, 0.15) is 45.2 Å². The number of amides is 2. The van der Waals surface area contributed by atoms with Crippen molar-refractivity contribution in [2.75, 3.05) is 26.2 Å². The number of carbonyl (C=O) groups excluding carboxylic acids is 2. The Hall–Kier alpha value is -1.95. The van der Waals surface area contributed by atoms with Crippen LogP contribution in [0.4, 0.5) is 0 Å². The normalized spacial score (nSPS) is 21.1. The van der Waals surface area contributed by atoms with E-state index in [0.717, 1.165) is 44.6 Å². The van der Waals surface area contributed by atoms with Crippen molar-refractivity contribution in [1.29, 1.82) is 0 Å². The topological polar surface area (TPSA) is 62.7 Å². The van der Waals surface area contributed by atoms with Crippen LogP contribution < -0.4 is 0 Å². The molecule has 0 aromatic carbocycles. The van der Waals surface area contributed by atoms with Crippen molar-refractivity contribution in [3.8, 4) is 0 Å². The third-order valence-corrected chi connectivity index (χ3v) is 5.73. The molecule has 2 aliphatic heterocycles. The molecule has 0 bridgehead atoms. The Balaban J connectivity index is 1.59. The summed E-state index contributed by atoms with van der Waals surface area (Å²) < 4.78 is 5.44. The second-order valence-electron chi connectivity index (χ2n) is 7.49. The highest BCUT2D eigenvalue weighted by Gasteiger charge is 2.42. The molecule has 1 spiro atoms. The Morgan fingerprint density at radius 3 is 2.73 bits per heavy atom. The van der Waals surface area contributed by atoms with Crippen molar-refractivity contribution in [2.24, 2.45) is 5.41 Å². The number of pyridine rings is 1. The fourth-order valence-electron chi connectivity index (χ4n) is 4.12. The quantitative estimate of drug-likeness (QED) is 0.809. The fourth-order valence-corrected chi connectivity index (χ4v) is 4.12. The van der Waals surface area contributed by atoms with Gasteiger partial charge in [0.25, 0.3) is 5.91 Å². The predicted octanol–water partition coefficient (Wildman–Crippen LogP) is 2.24. The first kappa shape index (κ1) is 18.8. The molecule has 0 aliphatic carbocycles. The molecule has 2 fully saturated rings. The zero-order chi connectivity index (χ0) is 18.6. The van der Waals surface area contributed by atoms with Crippen LogP contribution in [-0.2, 0) is 20.9 Å². The minimum atomic E-state index is -0.373. The Morgan fingerprint density at radius 1 is 1.31 bits per heavy atom. The SMILES string of the molecule is CCO[C@H](C)C(=O)N1CCC2(CCC(=O)N(Cc3ccccn3)C2)CC1. The van der Waals surface area contributed by atoms with Gasteiger partial charge in [0.15, 0.2) is 0 Å². The summed E-state index contributed by atoms with van der Waals surface area (Å²) in [5, 5.41) is 0. The van der Waals surface area contributed by atoms with Crippen molar-refractivity contribution in [3.63, 3.8) is 0 Å². The number of hydrogen-bond donors (Lipinski definition) is 0. The lowest BCUT2D eigenvalue weighted by Gasteiger charge is -2.47. The number of nitrogens with zero attached hydrogens (tertiary/aromatic N) is 3. The second kappa shape index (κ2) is 8.16. The van der Waals surface area contributed by atoms with Gasteiger partial charge in [0, 0.05) is 38.9 Å². The first-order valence-electron chi connectivity index (χ1n) is 9.61. The van der Waals surface area contributed by atoms with Gasteiger partial charge in [0.05, 0.1) is 12.2 Å². The van der Waals surface area contributed by atoms with Crippen LogP contribution in [-0.4, -0.2) is 58.9 Å². The molecule has 142 valence electrons. The number of hydrogen-bond acceptors (Lipinski definition) is 4. The number of ether oxygens (including phenoxy) is 1. The van der Waals surface area contributed by atoms with Crippen molar-refractivity contribution in [3.05, 3.63) is 30.1 Å². The van der Waals surface area contributed by atoms with E-state index in [1.54, 1.807) is 6.20 Å². The molecular formula is C20H29N3O3. The Bertz CT molecular complexity index is 626. The summed E-state index contributed by atoms with van der Waals surface area (Å²) in [7, 11) is 0. The smallest absolute Gasteiger partial charge is 0.251 e. The number of piperidine rings is 2. The molecular weight excluding hydrogens is 330 g/mol. The Kier molecular flexibility index (Phi) is 5.91. The van der Waals surface area contributed by atoms with E-state index in [2.05, 4.69) is 4.98 Å². The lowest BCUT2D eigenvalue weighted by atomic mass is 9.72. The molecule has 6 nitrogen and oxygen atoms in total. The van der Waals surface area contributed by atoms with E-state index in [0.29, 0.717) is 19.6 Å². The molecule has 2 amide bonds. The summed E-state index contributed by atoms with van der Waals surface area (Å²) in [4.78, 5) is 33.0. The highest BCUT2D eigenvalue weighted by molar-refractivity contribution is 5.80. The van der Waals surface area contributed by atoms with Gasteiger partial charge >= 0.3 is 0 Å². The van der Waals surface area contributed by atoms with Crippen LogP contribution in [0.15, 0.2) is 24.4 Å². The average Bonchev–Trinajstić information content (AvgIpc) is 2.66. The summed E-state index contributed by atoms with van der Waals surface area (Å²) in [6.07, 6.45) is 4.81. The van der Waals surface area contributed by atoms with E-state index >= 15 is 0 Å². The van der Waals surface area contributed by atoms with Gasteiger partial charge in [0.2, 0.25) is 5.91 Å². The molecule has 2 saturated heterocycles. The van der Waals surface area contributed by atoms with Gasteiger partial charge in [0.1, 0.15) is 6.10 Å². The summed E-state index contributed by atoms with van der Waals surface area (Å²) in [6, 6.07) is 5.81. The summed E-state index contributed by atoms with van der Waals surface area (Å²) >= 11 is 0. The summed E-state index contributed by atoms with van der Waals surface area (Å²) in [6.45, 7) is 7.13. The maximum atomic E-state index is 12.4. The van der Waals surface area contributed by atoms with Gasteiger partial charge in [-0.15, -0.1) is 0 Å². The molecule has 6 heteroatoms. The number of carbonyl (C=O) groups is 2. The van der Waals surface area contributed by atoms with E-state index in [1.165, 1.54) is 0 Å². The van der Waals surface area contributed by atoms with Gasteiger partial charge in [-0.2, -0.15) is 0 Å². The third kappa shape index (κ3) is 4.23. The molecule has 3 rings (SSSR count). The van der Waals surface area contributed by atoms with E-state index < -0.39 is 0 Å². The highest BCUT2D eigenvalue weighted by atomic mass is 16.5. The molecule has 0 saturated carbocycles.